The first-order valence-corrected chi connectivity index (χ1v) is 5.59. The van der Waals surface area contributed by atoms with E-state index >= 15 is 0 Å². The van der Waals surface area contributed by atoms with Crippen LogP contribution in [0.25, 0.3) is 10.8 Å². The average molecular weight is 211 g/mol. The van der Waals surface area contributed by atoms with Crippen LogP contribution in [-0.2, 0) is 11.2 Å². The highest BCUT2D eigenvalue weighted by atomic mass is 16.2. The maximum Gasteiger partial charge on any atom is 0.225 e. The van der Waals surface area contributed by atoms with Gasteiger partial charge in [-0.2, -0.15) is 0 Å². The van der Waals surface area contributed by atoms with E-state index in [1.54, 1.807) is 0 Å². The lowest BCUT2D eigenvalue weighted by Gasteiger charge is -2.26. The van der Waals surface area contributed by atoms with Gasteiger partial charge < -0.3 is 5.32 Å². The fourth-order valence-corrected chi connectivity index (χ4v) is 2.23. The fourth-order valence-electron chi connectivity index (χ4n) is 2.23. The van der Waals surface area contributed by atoms with Crippen LogP contribution in [0, 0.1) is 5.92 Å². The lowest BCUT2D eigenvalue weighted by molar-refractivity contribution is -0.131. The van der Waals surface area contributed by atoms with Crippen molar-refractivity contribution < 1.29 is 4.79 Å². The van der Waals surface area contributed by atoms with Gasteiger partial charge >= 0.3 is 0 Å². The third-order valence-corrected chi connectivity index (χ3v) is 3.24. The first kappa shape index (κ1) is 9.40. The van der Waals surface area contributed by atoms with Gasteiger partial charge in [0.05, 0.1) is 5.92 Å². The van der Waals surface area contributed by atoms with Gasteiger partial charge in [0, 0.05) is 6.54 Å². The molecule has 1 aliphatic heterocycles. The molecule has 0 saturated carbocycles. The Kier molecular flexibility index (Phi) is 2.13. The molecule has 1 fully saturated rings. The van der Waals surface area contributed by atoms with Crippen molar-refractivity contribution in [1.29, 1.82) is 0 Å². The second kappa shape index (κ2) is 3.63. The second-order valence-electron chi connectivity index (χ2n) is 4.28. The summed E-state index contributed by atoms with van der Waals surface area (Å²) >= 11 is 0. The zero-order chi connectivity index (χ0) is 11.0. The monoisotopic (exact) mass is 211 g/mol. The van der Waals surface area contributed by atoms with Crippen LogP contribution in [0.1, 0.15) is 5.56 Å². The van der Waals surface area contributed by atoms with Gasteiger partial charge in [-0.15, -0.1) is 0 Å². The maximum absolute atomic E-state index is 11.3. The fraction of sp³-hybridized carbons (Fsp3) is 0.214. The normalized spacial score (nSPS) is 19.2. The molecule has 1 aliphatic rings. The SMILES string of the molecule is O=C1NCC1Cc1cccc2ccccc12. The summed E-state index contributed by atoms with van der Waals surface area (Å²) in [6.45, 7) is 0.821. The quantitative estimate of drug-likeness (QED) is 0.757. The number of amides is 1. The molecule has 0 spiro atoms. The van der Waals surface area contributed by atoms with E-state index in [2.05, 4.69) is 35.6 Å². The molecular weight excluding hydrogens is 198 g/mol. The van der Waals surface area contributed by atoms with E-state index < -0.39 is 0 Å². The predicted molar refractivity (Wildman–Crippen MR) is 64.2 cm³/mol. The topological polar surface area (TPSA) is 29.1 Å². The van der Waals surface area contributed by atoms with Crippen molar-refractivity contribution in [3.8, 4) is 0 Å². The van der Waals surface area contributed by atoms with Crippen molar-refractivity contribution in [2.24, 2.45) is 5.92 Å². The van der Waals surface area contributed by atoms with Crippen molar-refractivity contribution in [2.75, 3.05) is 6.54 Å². The van der Waals surface area contributed by atoms with Crippen molar-refractivity contribution in [3.63, 3.8) is 0 Å². The standard InChI is InChI=1S/C14H13NO/c16-14-12(9-15-14)8-11-6-3-5-10-4-1-2-7-13(10)11/h1-7,12H,8-9H2,(H,15,16). The number of hydrogen-bond donors (Lipinski definition) is 1. The van der Waals surface area contributed by atoms with Gasteiger partial charge in [0.25, 0.3) is 0 Å². The van der Waals surface area contributed by atoms with E-state index in [0.717, 1.165) is 13.0 Å². The van der Waals surface area contributed by atoms with Crippen molar-refractivity contribution in [3.05, 3.63) is 48.0 Å². The minimum atomic E-state index is 0.172. The molecule has 2 aromatic carbocycles. The molecule has 2 nitrogen and oxygen atoms in total. The van der Waals surface area contributed by atoms with E-state index in [1.807, 2.05) is 12.1 Å². The summed E-state index contributed by atoms with van der Waals surface area (Å²) < 4.78 is 0. The van der Waals surface area contributed by atoms with Gasteiger partial charge in [0.2, 0.25) is 5.91 Å². The molecule has 1 atom stereocenters. The van der Waals surface area contributed by atoms with Gasteiger partial charge in [-0.25, -0.2) is 0 Å². The summed E-state index contributed by atoms with van der Waals surface area (Å²) in [5.41, 5.74) is 1.28. The third-order valence-electron chi connectivity index (χ3n) is 3.24. The van der Waals surface area contributed by atoms with Crippen LogP contribution in [-0.4, -0.2) is 12.5 Å². The number of fused-ring (bicyclic) bond motifs is 1. The van der Waals surface area contributed by atoms with Crippen molar-refractivity contribution in [1.82, 2.24) is 5.32 Å². The third kappa shape index (κ3) is 1.47. The Morgan fingerprint density at radius 1 is 1.12 bits per heavy atom. The molecule has 3 rings (SSSR count). The predicted octanol–water partition coefficient (Wildman–Crippen LogP) is 2.13. The smallest absolute Gasteiger partial charge is 0.225 e. The second-order valence-corrected chi connectivity index (χ2v) is 4.28. The van der Waals surface area contributed by atoms with Crippen LogP contribution in [0.5, 0.6) is 0 Å². The molecule has 1 heterocycles. The summed E-state index contributed by atoms with van der Waals surface area (Å²) in [6.07, 6.45) is 0.854. The maximum atomic E-state index is 11.3. The molecule has 0 bridgehead atoms. The summed E-state index contributed by atoms with van der Waals surface area (Å²) in [6, 6.07) is 14.6. The average Bonchev–Trinajstić information content (AvgIpc) is 2.34. The molecule has 0 aromatic heterocycles. The number of hydrogen-bond acceptors (Lipinski definition) is 1. The zero-order valence-electron chi connectivity index (χ0n) is 8.94. The Hall–Kier alpha value is -1.83. The van der Waals surface area contributed by atoms with Gasteiger partial charge in [0.15, 0.2) is 0 Å². The van der Waals surface area contributed by atoms with E-state index in [9.17, 15) is 4.79 Å². The number of nitrogens with one attached hydrogen (secondary N) is 1. The number of carbonyl (C=O) groups is 1. The molecule has 1 unspecified atom stereocenters. The summed E-state index contributed by atoms with van der Waals surface area (Å²) in [4.78, 5) is 11.3. The molecule has 1 saturated heterocycles. The minimum absolute atomic E-state index is 0.172. The minimum Gasteiger partial charge on any atom is -0.355 e. The number of benzene rings is 2. The highest BCUT2D eigenvalue weighted by molar-refractivity contribution is 5.88. The van der Waals surface area contributed by atoms with Gasteiger partial charge in [0.1, 0.15) is 0 Å². The molecule has 16 heavy (non-hydrogen) atoms. The number of β-lactam (4-membered cyclic amide) rings is 1. The van der Waals surface area contributed by atoms with Crippen LogP contribution >= 0.6 is 0 Å². The molecule has 2 aromatic rings. The Balaban J connectivity index is 1.99. The van der Waals surface area contributed by atoms with Crippen LogP contribution in [0.3, 0.4) is 0 Å². The molecule has 1 N–H and O–H groups in total. The lowest BCUT2D eigenvalue weighted by atomic mass is 9.91. The molecule has 0 radical (unpaired) electrons. The molecule has 80 valence electrons. The highest BCUT2D eigenvalue weighted by Gasteiger charge is 2.27. The van der Waals surface area contributed by atoms with Crippen LogP contribution < -0.4 is 5.32 Å². The Morgan fingerprint density at radius 3 is 2.69 bits per heavy atom. The van der Waals surface area contributed by atoms with Crippen molar-refractivity contribution in [2.45, 2.75) is 6.42 Å². The van der Waals surface area contributed by atoms with E-state index in [1.165, 1.54) is 16.3 Å². The first-order valence-electron chi connectivity index (χ1n) is 5.59. The number of carbonyl (C=O) groups excluding carboxylic acids is 1. The van der Waals surface area contributed by atoms with Gasteiger partial charge in [-0.05, 0) is 22.8 Å². The highest BCUT2D eigenvalue weighted by Crippen LogP contribution is 2.22. The van der Waals surface area contributed by atoms with E-state index in [0.29, 0.717) is 0 Å². The van der Waals surface area contributed by atoms with Gasteiger partial charge in [-0.1, -0.05) is 42.5 Å². The van der Waals surface area contributed by atoms with Crippen LogP contribution in [0.15, 0.2) is 42.5 Å². The van der Waals surface area contributed by atoms with E-state index in [-0.39, 0.29) is 11.8 Å². The summed E-state index contributed by atoms with van der Waals surface area (Å²) in [5, 5.41) is 5.31. The molecular formula is C14H13NO. The Labute approximate surface area is 94.3 Å². The Bertz CT molecular complexity index is 542. The molecule has 2 heteroatoms. The Morgan fingerprint density at radius 2 is 1.94 bits per heavy atom. The van der Waals surface area contributed by atoms with Crippen LogP contribution in [0.2, 0.25) is 0 Å². The van der Waals surface area contributed by atoms with Crippen molar-refractivity contribution >= 4 is 16.7 Å². The zero-order valence-corrected chi connectivity index (χ0v) is 8.94. The number of rotatable bonds is 2. The summed E-state index contributed by atoms with van der Waals surface area (Å²) in [5.74, 6) is 0.360. The lowest BCUT2D eigenvalue weighted by Crippen LogP contribution is -2.49. The first-order chi connectivity index (χ1) is 7.84. The largest absolute Gasteiger partial charge is 0.355 e. The molecule has 0 aliphatic carbocycles. The van der Waals surface area contributed by atoms with E-state index in [4.69, 9.17) is 0 Å². The van der Waals surface area contributed by atoms with Gasteiger partial charge in [-0.3, -0.25) is 4.79 Å². The molecule has 1 amide bonds. The summed E-state index contributed by atoms with van der Waals surface area (Å²) in [7, 11) is 0. The van der Waals surface area contributed by atoms with Crippen LogP contribution in [0.4, 0.5) is 0 Å².